The Hall–Kier alpha value is -0.570. The smallest absolute Gasteiger partial charge is 0.0462 e. The molecule has 0 bridgehead atoms. The van der Waals surface area contributed by atoms with E-state index < -0.39 is 0 Å². The lowest BCUT2D eigenvalue weighted by Gasteiger charge is -2.07. The van der Waals surface area contributed by atoms with Gasteiger partial charge in [-0.3, -0.25) is 0 Å². The molecule has 2 nitrogen and oxygen atoms in total. The van der Waals surface area contributed by atoms with Gasteiger partial charge in [0.25, 0.3) is 0 Å². The molecule has 0 aliphatic heterocycles. The van der Waals surface area contributed by atoms with Crippen molar-refractivity contribution in [2.45, 2.75) is 26.3 Å². The van der Waals surface area contributed by atoms with Crippen molar-refractivity contribution in [1.82, 2.24) is 5.32 Å². The van der Waals surface area contributed by atoms with E-state index in [4.69, 9.17) is 16.3 Å². The van der Waals surface area contributed by atoms with Crippen LogP contribution in [0.1, 0.15) is 24.0 Å². The van der Waals surface area contributed by atoms with Gasteiger partial charge in [0.2, 0.25) is 0 Å². The zero-order chi connectivity index (χ0) is 11.8. The van der Waals surface area contributed by atoms with Gasteiger partial charge >= 0.3 is 0 Å². The number of hydrogen-bond acceptors (Lipinski definition) is 2. The Labute approximate surface area is 103 Å². The van der Waals surface area contributed by atoms with Gasteiger partial charge in [0.05, 0.1) is 0 Å². The number of unbranched alkanes of at least 4 members (excludes halogenated alkanes) is 1. The van der Waals surface area contributed by atoms with Gasteiger partial charge in [0.15, 0.2) is 0 Å². The molecule has 1 rings (SSSR count). The Morgan fingerprint density at radius 1 is 1.31 bits per heavy atom. The summed E-state index contributed by atoms with van der Waals surface area (Å²) in [6.07, 6.45) is 2.24. The minimum absolute atomic E-state index is 0.839. The lowest BCUT2D eigenvalue weighted by molar-refractivity contribution is 0.192. The molecule has 3 heteroatoms. The highest BCUT2D eigenvalue weighted by Gasteiger charge is 1.99. The van der Waals surface area contributed by atoms with Crippen LogP contribution in [0.15, 0.2) is 18.2 Å². The van der Waals surface area contributed by atoms with Crippen LogP contribution >= 0.6 is 11.6 Å². The first kappa shape index (κ1) is 13.5. The van der Waals surface area contributed by atoms with Gasteiger partial charge in [-0.2, -0.15) is 0 Å². The summed E-state index contributed by atoms with van der Waals surface area (Å²) in [5.74, 6) is 0. The van der Waals surface area contributed by atoms with E-state index in [0.717, 1.165) is 37.6 Å². The summed E-state index contributed by atoms with van der Waals surface area (Å²) in [5, 5.41) is 4.23. The average Bonchev–Trinajstić information content (AvgIpc) is 2.26. The second-order valence-electron chi connectivity index (χ2n) is 3.97. The lowest BCUT2D eigenvalue weighted by atomic mass is 10.1. The van der Waals surface area contributed by atoms with E-state index in [1.165, 1.54) is 11.1 Å². The van der Waals surface area contributed by atoms with Crippen molar-refractivity contribution in [3.05, 3.63) is 34.3 Å². The van der Waals surface area contributed by atoms with Gasteiger partial charge < -0.3 is 10.1 Å². The molecule has 1 aromatic rings. The molecule has 0 saturated carbocycles. The molecule has 1 N–H and O–H groups in total. The molecule has 0 saturated heterocycles. The Morgan fingerprint density at radius 2 is 2.12 bits per heavy atom. The Morgan fingerprint density at radius 3 is 2.81 bits per heavy atom. The number of rotatable bonds is 7. The summed E-state index contributed by atoms with van der Waals surface area (Å²) in [6.45, 7) is 4.74. The minimum atomic E-state index is 0.839. The van der Waals surface area contributed by atoms with Crippen LogP contribution in [0, 0.1) is 6.92 Å². The van der Waals surface area contributed by atoms with E-state index in [0.29, 0.717) is 0 Å². The third kappa shape index (κ3) is 4.97. The monoisotopic (exact) mass is 241 g/mol. The Bertz CT molecular complexity index is 315. The predicted octanol–water partition coefficient (Wildman–Crippen LogP) is 3.16. The largest absolute Gasteiger partial charge is 0.385 e. The summed E-state index contributed by atoms with van der Waals surface area (Å²) < 4.78 is 4.99. The second kappa shape index (κ2) is 7.66. The maximum absolute atomic E-state index is 6.13. The topological polar surface area (TPSA) is 21.3 Å². The molecule has 16 heavy (non-hydrogen) atoms. The van der Waals surface area contributed by atoms with Gasteiger partial charge in [-0.1, -0.05) is 23.7 Å². The fraction of sp³-hybridized carbons (Fsp3) is 0.538. The highest BCUT2D eigenvalue weighted by Crippen LogP contribution is 2.17. The number of ether oxygens (including phenoxy) is 1. The number of methoxy groups -OCH3 is 1. The summed E-state index contributed by atoms with van der Waals surface area (Å²) in [7, 11) is 1.74. The van der Waals surface area contributed by atoms with Crippen molar-refractivity contribution in [2.24, 2.45) is 0 Å². The zero-order valence-electron chi connectivity index (χ0n) is 10.1. The minimum Gasteiger partial charge on any atom is -0.385 e. The van der Waals surface area contributed by atoms with E-state index >= 15 is 0 Å². The van der Waals surface area contributed by atoms with E-state index in [1.807, 2.05) is 13.0 Å². The molecule has 1 aromatic carbocycles. The van der Waals surface area contributed by atoms with Crippen LogP contribution in [0.5, 0.6) is 0 Å². The molecule has 0 unspecified atom stereocenters. The zero-order valence-corrected chi connectivity index (χ0v) is 10.8. The fourth-order valence-corrected chi connectivity index (χ4v) is 1.82. The molecule has 0 radical (unpaired) electrons. The van der Waals surface area contributed by atoms with Gasteiger partial charge in [-0.25, -0.2) is 0 Å². The maximum atomic E-state index is 6.13. The Balaban J connectivity index is 2.21. The first-order valence-electron chi connectivity index (χ1n) is 5.68. The van der Waals surface area contributed by atoms with E-state index in [9.17, 15) is 0 Å². The quantitative estimate of drug-likeness (QED) is 0.741. The van der Waals surface area contributed by atoms with Crippen molar-refractivity contribution in [1.29, 1.82) is 0 Å². The third-order valence-corrected chi connectivity index (χ3v) is 2.83. The molecule has 0 atom stereocenters. The summed E-state index contributed by atoms with van der Waals surface area (Å²) in [6, 6.07) is 6.18. The summed E-state index contributed by atoms with van der Waals surface area (Å²) in [4.78, 5) is 0. The highest BCUT2D eigenvalue weighted by atomic mass is 35.5. The third-order valence-electron chi connectivity index (χ3n) is 2.48. The first-order valence-corrected chi connectivity index (χ1v) is 6.06. The van der Waals surface area contributed by atoms with Crippen molar-refractivity contribution < 1.29 is 4.74 Å². The van der Waals surface area contributed by atoms with Crippen LogP contribution in [0.2, 0.25) is 5.02 Å². The normalized spacial score (nSPS) is 10.7. The van der Waals surface area contributed by atoms with Gasteiger partial charge in [-0.05, 0) is 43.5 Å². The van der Waals surface area contributed by atoms with Gasteiger partial charge in [0.1, 0.15) is 0 Å². The molecular formula is C13H20ClNO. The van der Waals surface area contributed by atoms with Crippen LogP contribution in [0.3, 0.4) is 0 Å². The van der Waals surface area contributed by atoms with Crippen LogP contribution in [0.4, 0.5) is 0 Å². The number of nitrogens with one attached hydrogen (secondary N) is 1. The van der Waals surface area contributed by atoms with Crippen molar-refractivity contribution in [3.63, 3.8) is 0 Å². The standard InChI is InChI=1S/C13H20ClNO/c1-11-5-6-12(13(14)9-11)10-15-7-3-4-8-16-2/h5-6,9,15H,3-4,7-8,10H2,1-2H3. The highest BCUT2D eigenvalue weighted by molar-refractivity contribution is 6.31. The molecule has 0 heterocycles. The molecule has 90 valence electrons. The number of halogens is 1. The van der Waals surface area contributed by atoms with Crippen LogP contribution in [-0.4, -0.2) is 20.3 Å². The SMILES string of the molecule is COCCCCNCc1ccc(C)cc1Cl. The molecule has 0 aromatic heterocycles. The summed E-state index contributed by atoms with van der Waals surface area (Å²) in [5.41, 5.74) is 2.37. The molecular weight excluding hydrogens is 222 g/mol. The van der Waals surface area contributed by atoms with E-state index in [2.05, 4.69) is 17.4 Å². The van der Waals surface area contributed by atoms with Crippen molar-refractivity contribution in [2.75, 3.05) is 20.3 Å². The molecule has 0 aliphatic carbocycles. The van der Waals surface area contributed by atoms with Crippen LogP contribution in [0.25, 0.3) is 0 Å². The Kier molecular flexibility index (Phi) is 6.46. The van der Waals surface area contributed by atoms with Gasteiger partial charge in [0, 0.05) is 25.3 Å². The summed E-state index contributed by atoms with van der Waals surface area (Å²) >= 11 is 6.13. The average molecular weight is 242 g/mol. The fourth-order valence-electron chi connectivity index (χ4n) is 1.52. The van der Waals surface area contributed by atoms with Crippen molar-refractivity contribution in [3.8, 4) is 0 Å². The van der Waals surface area contributed by atoms with Crippen LogP contribution in [-0.2, 0) is 11.3 Å². The lowest BCUT2D eigenvalue weighted by Crippen LogP contribution is -2.15. The second-order valence-corrected chi connectivity index (χ2v) is 4.38. The van der Waals surface area contributed by atoms with E-state index in [1.54, 1.807) is 7.11 Å². The molecule has 0 fully saturated rings. The first-order chi connectivity index (χ1) is 7.74. The van der Waals surface area contributed by atoms with Crippen molar-refractivity contribution >= 4 is 11.6 Å². The van der Waals surface area contributed by atoms with Gasteiger partial charge in [-0.15, -0.1) is 0 Å². The molecule has 0 amide bonds. The van der Waals surface area contributed by atoms with E-state index in [-0.39, 0.29) is 0 Å². The molecule has 0 aliphatic rings. The van der Waals surface area contributed by atoms with Crippen LogP contribution < -0.4 is 5.32 Å². The predicted molar refractivity (Wildman–Crippen MR) is 69.0 cm³/mol. The molecule has 0 spiro atoms. The number of benzene rings is 1. The maximum Gasteiger partial charge on any atom is 0.0462 e. The number of hydrogen-bond donors (Lipinski definition) is 1. The number of aryl methyl sites for hydroxylation is 1.